The van der Waals surface area contributed by atoms with E-state index in [1.807, 2.05) is 0 Å². The van der Waals surface area contributed by atoms with Crippen LogP contribution in [0, 0.1) is 5.92 Å². The van der Waals surface area contributed by atoms with E-state index in [1.165, 1.54) is 12.8 Å². The topological polar surface area (TPSA) is 41.1 Å². The molecular weight excluding hydrogens is 212 g/mol. The summed E-state index contributed by atoms with van der Waals surface area (Å²) in [5.74, 6) is 0.759. The van der Waals surface area contributed by atoms with E-state index < -0.39 is 0 Å². The van der Waals surface area contributed by atoms with Gasteiger partial charge in [0.2, 0.25) is 5.91 Å². The second-order valence-electron chi connectivity index (χ2n) is 4.97. The minimum Gasteiger partial charge on any atom is -0.328 e. The average molecular weight is 230 g/mol. The molecule has 1 aliphatic carbocycles. The molecule has 0 bridgehead atoms. The molecule has 0 aromatic rings. The lowest BCUT2D eigenvalue weighted by molar-refractivity contribution is -0.120. The molecule has 3 heteroatoms. The van der Waals surface area contributed by atoms with Gasteiger partial charge in [-0.2, -0.15) is 0 Å². The van der Waals surface area contributed by atoms with E-state index in [-0.39, 0.29) is 11.9 Å². The molecule has 0 saturated heterocycles. The lowest BCUT2D eigenvalue weighted by Crippen LogP contribution is -2.48. The largest absolute Gasteiger partial charge is 0.328 e. The first-order valence-electron chi connectivity index (χ1n) is 6.44. The zero-order valence-corrected chi connectivity index (χ0v) is 9.86. The summed E-state index contributed by atoms with van der Waals surface area (Å²) in [4.78, 5) is 11.4. The van der Waals surface area contributed by atoms with Crippen molar-refractivity contribution >= 4 is 5.91 Å². The Labute approximate surface area is 102 Å². The van der Waals surface area contributed by atoms with Gasteiger partial charge in [0, 0.05) is 18.2 Å². The number of carbonyl (C=O) groups is 1. The SMILES string of the molecule is O=C1CCC=C(C2C=CC3CCC=CC3N2)N1. The number of fused-ring (bicyclic) bond motifs is 1. The monoisotopic (exact) mass is 230 g/mol. The molecule has 0 radical (unpaired) electrons. The van der Waals surface area contributed by atoms with Gasteiger partial charge in [-0.3, -0.25) is 10.1 Å². The fourth-order valence-electron chi connectivity index (χ4n) is 2.80. The van der Waals surface area contributed by atoms with Crippen LogP contribution in [0.1, 0.15) is 25.7 Å². The van der Waals surface area contributed by atoms with E-state index in [4.69, 9.17) is 0 Å². The smallest absolute Gasteiger partial charge is 0.224 e. The number of hydrogen-bond donors (Lipinski definition) is 2. The summed E-state index contributed by atoms with van der Waals surface area (Å²) >= 11 is 0. The quantitative estimate of drug-likeness (QED) is 0.672. The van der Waals surface area contributed by atoms with Crippen molar-refractivity contribution in [2.75, 3.05) is 0 Å². The van der Waals surface area contributed by atoms with Crippen LogP contribution in [0.25, 0.3) is 0 Å². The van der Waals surface area contributed by atoms with Crippen LogP contribution in [0.4, 0.5) is 0 Å². The van der Waals surface area contributed by atoms with Crippen molar-refractivity contribution in [2.24, 2.45) is 5.92 Å². The van der Waals surface area contributed by atoms with Crippen molar-refractivity contribution < 1.29 is 4.79 Å². The minimum atomic E-state index is 0.138. The predicted molar refractivity (Wildman–Crippen MR) is 67.2 cm³/mol. The van der Waals surface area contributed by atoms with Crippen LogP contribution in [0.5, 0.6) is 0 Å². The first-order chi connectivity index (χ1) is 8.33. The Morgan fingerprint density at radius 3 is 3.00 bits per heavy atom. The van der Waals surface area contributed by atoms with Crippen LogP contribution in [0.2, 0.25) is 0 Å². The van der Waals surface area contributed by atoms with E-state index in [9.17, 15) is 4.79 Å². The third kappa shape index (κ3) is 2.20. The summed E-state index contributed by atoms with van der Waals surface area (Å²) in [6.07, 6.45) is 15.0. The number of hydrogen-bond acceptors (Lipinski definition) is 2. The van der Waals surface area contributed by atoms with Gasteiger partial charge in [-0.15, -0.1) is 0 Å². The number of carbonyl (C=O) groups excluding carboxylic acids is 1. The van der Waals surface area contributed by atoms with Crippen molar-refractivity contribution in [2.45, 2.75) is 37.8 Å². The number of rotatable bonds is 1. The maximum atomic E-state index is 11.4. The zero-order chi connectivity index (χ0) is 11.7. The Bertz CT molecular complexity index is 408. The maximum Gasteiger partial charge on any atom is 0.224 e. The van der Waals surface area contributed by atoms with Crippen molar-refractivity contribution in [3.05, 3.63) is 36.1 Å². The Kier molecular flexibility index (Phi) is 2.85. The highest BCUT2D eigenvalue weighted by Gasteiger charge is 2.28. The third-order valence-corrected chi connectivity index (χ3v) is 3.75. The van der Waals surface area contributed by atoms with Gasteiger partial charge >= 0.3 is 0 Å². The van der Waals surface area contributed by atoms with Crippen molar-refractivity contribution in [1.82, 2.24) is 10.6 Å². The molecule has 3 unspecified atom stereocenters. The second kappa shape index (κ2) is 4.49. The van der Waals surface area contributed by atoms with E-state index in [2.05, 4.69) is 41.0 Å². The number of amides is 1. The summed E-state index contributed by atoms with van der Waals surface area (Å²) in [6.45, 7) is 0. The minimum absolute atomic E-state index is 0.138. The molecule has 90 valence electrons. The van der Waals surface area contributed by atoms with Crippen molar-refractivity contribution in [1.29, 1.82) is 0 Å². The highest BCUT2D eigenvalue weighted by Crippen LogP contribution is 2.25. The summed E-state index contributed by atoms with van der Waals surface area (Å²) in [5, 5.41) is 6.55. The molecule has 3 nitrogen and oxygen atoms in total. The van der Waals surface area contributed by atoms with Crippen LogP contribution in [0.15, 0.2) is 36.1 Å². The van der Waals surface area contributed by atoms with Gasteiger partial charge in [0.15, 0.2) is 0 Å². The molecule has 0 fully saturated rings. The third-order valence-electron chi connectivity index (χ3n) is 3.75. The van der Waals surface area contributed by atoms with Gasteiger partial charge in [-0.1, -0.05) is 30.4 Å². The van der Waals surface area contributed by atoms with Gasteiger partial charge in [-0.05, 0) is 25.2 Å². The summed E-state index contributed by atoms with van der Waals surface area (Å²) in [6, 6.07) is 0.599. The maximum absolute atomic E-state index is 11.4. The number of nitrogens with one attached hydrogen (secondary N) is 2. The Hall–Kier alpha value is -1.35. The standard InChI is InChI=1S/C14H18N2O/c17-14-7-3-6-12(16-14)13-9-8-10-4-1-2-5-11(10)15-13/h2,5-6,8-11,13,15H,1,3-4,7H2,(H,16,17). The molecule has 3 atom stereocenters. The molecule has 0 aromatic heterocycles. The molecule has 17 heavy (non-hydrogen) atoms. The summed E-state index contributed by atoms with van der Waals surface area (Å²) < 4.78 is 0. The lowest BCUT2D eigenvalue weighted by atomic mass is 9.85. The molecule has 1 amide bonds. The van der Waals surface area contributed by atoms with Crippen molar-refractivity contribution in [3.8, 4) is 0 Å². The highest BCUT2D eigenvalue weighted by atomic mass is 16.1. The van der Waals surface area contributed by atoms with Crippen LogP contribution < -0.4 is 10.6 Å². The zero-order valence-electron chi connectivity index (χ0n) is 9.86. The fourth-order valence-corrected chi connectivity index (χ4v) is 2.80. The molecule has 3 rings (SSSR count). The molecule has 3 aliphatic rings. The predicted octanol–water partition coefficient (Wildman–Crippen LogP) is 1.64. The van der Waals surface area contributed by atoms with Gasteiger partial charge < -0.3 is 5.32 Å². The van der Waals surface area contributed by atoms with Gasteiger partial charge in [0.05, 0.1) is 6.04 Å². The molecule has 2 heterocycles. The van der Waals surface area contributed by atoms with Gasteiger partial charge in [0.1, 0.15) is 0 Å². The molecule has 0 spiro atoms. The average Bonchev–Trinajstić information content (AvgIpc) is 2.38. The Balaban J connectivity index is 1.75. The molecule has 0 saturated carbocycles. The first-order valence-corrected chi connectivity index (χ1v) is 6.44. The fraction of sp³-hybridized carbons (Fsp3) is 0.500. The first kappa shape index (κ1) is 10.8. The lowest BCUT2D eigenvalue weighted by Gasteiger charge is -2.35. The summed E-state index contributed by atoms with van der Waals surface area (Å²) in [5.41, 5.74) is 1.02. The van der Waals surface area contributed by atoms with Gasteiger partial charge in [-0.25, -0.2) is 0 Å². The van der Waals surface area contributed by atoms with E-state index in [0.29, 0.717) is 18.4 Å². The van der Waals surface area contributed by atoms with Crippen LogP contribution in [0.3, 0.4) is 0 Å². The van der Waals surface area contributed by atoms with E-state index in [0.717, 1.165) is 12.1 Å². The van der Waals surface area contributed by atoms with Crippen LogP contribution in [-0.4, -0.2) is 18.0 Å². The highest BCUT2D eigenvalue weighted by molar-refractivity contribution is 5.79. The van der Waals surface area contributed by atoms with Crippen LogP contribution >= 0.6 is 0 Å². The molecule has 0 aromatic carbocycles. The van der Waals surface area contributed by atoms with Crippen LogP contribution in [-0.2, 0) is 4.79 Å². The van der Waals surface area contributed by atoms with E-state index in [1.54, 1.807) is 0 Å². The Morgan fingerprint density at radius 1 is 1.18 bits per heavy atom. The molecule has 2 N–H and O–H groups in total. The van der Waals surface area contributed by atoms with Gasteiger partial charge in [0.25, 0.3) is 0 Å². The van der Waals surface area contributed by atoms with Crippen molar-refractivity contribution in [3.63, 3.8) is 0 Å². The van der Waals surface area contributed by atoms with E-state index >= 15 is 0 Å². The summed E-state index contributed by atoms with van der Waals surface area (Å²) in [7, 11) is 0. The normalized spacial score (nSPS) is 36.1. The Morgan fingerprint density at radius 2 is 2.12 bits per heavy atom. The molecule has 2 aliphatic heterocycles. The molecular formula is C14H18N2O. The second-order valence-corrected chi connectivity index (χ2v) is 4.97. The number of allylic oxidation sites excluding steroid dienone is 2.